The van der Waals surface area contributed by atoms with Crippen molar-refractivity contribution in [1.29, 1.82) is 0 Å². The quantitative estimate of drug-likeness (QED) is 0.0906. The van der Waals surface area contributed by atoms with Gasteiger partial charge in [-0.2, -0.15) is 0 Å². The average Bonchev–Trinajstić information content (AvgIpc) is 4.03. The van der Waals surface area contributed by atoms with Gasteiger partial charge in [-0.15, -0.1) is 10.2 Å². The van der Waals surface area contributed by atoms with Crippen LogP contribution in [0.3, 0.4) is 0 Å². The lowest BCUT2D eigenvalue weighted by atomic mass is 9.97. The molecular weight excluding hydrogens is 813 g/mol. The lowest BCUT2D eigenvalue weighted by Gasteiger charge is -2.13. The van der Waals surface area contributed by atoms with Crippen LogP contribution < -0.4 is 0 Å². The zero-order chi connectivity index (χ0) is 44.5. The van der Waals surface area contributed by atoms with E-state index in [-0.39, 0.29) is 22.3 Å². The molecule has 7 aromatic carbocycles. The van der Waals surface area contributed by atoms with Gasteiger partial charge in [0.05, 0.1) is 46.0 Å². The number of carbonyl (C=O) groups is 4. The van der Waals surface area contributed by atoms with Crippen LogP contribution >= 0.6 is 0 Å². The van der Waals surface area contributed by atoms with Crippen molar-refractivity contribution in [2.75, 3.05) is 0 Å². The molecule has 0 spiro atoms. The Morgan fingerprint density at radius 2 is 0.594 bits per heavy atom. The van der Waals surface area contributed by atoms with E-state index in [9.17, 15) is 39.6 Å². The van der Waals surface area contributed by atoms with Crippen molar-refractivity contribution in [2.24, 2.45) is 0 Å². The minimum Gasteiger partial charge on any atom is -0.478 e. The molecule has 0 amide bonds. The molecule has 0 atom stereocenters. The Bertz CT molecular complexity index is 3030. The van der Waals surface area contributed by atoms with Gasteiger partial charge >= 0.3 is 23.9 Å². The van der Waals surface area contributed by atoms with Crippen molar-refractivity contribution in [3.8, 4) is 78.4 Å². The second-order valence-electron chi connectivity index (χ2n) is 14.7. The molecule has 310 valence electrons. The molecule has 9 aromatic rings. The summed E-state index contributed by atoms with van der Waals surface area (Å²) < 4.78 is 3.29. The number of carboxylic acids is 4. The third kappa shape index (κ3) is 8.00. The fourth-order valence-electron chi connectivity index (χ4n) is 7.32. The third-order valence-electron chi connectivity index (χ3n) is 10.8. The van der Waals surface area contributed by atoms with E-state index in [0.29, 0.717) is 22.8 Å². The first kappa shape index (κ1) is 40.1. The van der Waals surface area contributed by atoms with Crippen molar-refractivity contribution in [3.63, 3.8) is 0 Å². The molecular formula is C50H32N6O8. The fraction of sp³-hybridized carbons (Fsp3) is 0. The first-order chi connectivity index (χ1) is 31.0. The Balaban J connectivity index is 1.03. The number of carboxylic acid groups (broad SMARTS) is 4. The average molecular weight is 845 g/mol. The number of hydrogen-bond donors (Lipinski definition) is 4. The van der Waals surface area contributed by atoms with Crippen molar-refractivity contribution in [1.82, 2.24) is 30.0 Å². The molecule has 0 unspecified atom stereocenters. The first-order valence-electron chi connectivity index (χ1n) is 19.6. The summed E-state index contributed by atoms with van der Waals surface area (Å²) in [5, 5.41) is 55.7. The van der Waals surface area contributed by atoms with E-state index in [4.69, 9.17) is 0 Å². The number of benzene rings is 7. The molecule has 0 aliphatic rings. The van der Waals surface area contributed by atoms with Crippen LogP contribution in [0.25, 0.3) is 78.4 Å². The molecule has 64 heavy (non-hydrogen) atoms. The standard InChI is InChI=1S/C50H32N6O8/c57-47(58)35-13-1-29(2-14-35)39-21-23-41(31-5-17-37(18-6-31)49(61)62)45(25-39)55-27-43(51-53-55)33-9-11-34(12-10-33)44-28-56(54-52-44)46-26-40(30-3-15-36(16-4-30)48(59)60)22-24-42(46)32-7-19-38(20-8-32)50(63)64/h1-28H,(H,57,58)(H,59,60)(H,61,62)(H,63,64). The van der Waals surface area contributed by atoms with Crippen LogP contribution in [0.1, 0.15) is 41.4 Å². The summed E-state index contributed by atoms with van der Waals surface area (Å²) in [4.78, 5) is 46.1. The molecule has 2 aromatic heterocycles. The zero-order valence-electron chi connectivity index (χ0n) is 33.3. The van der Waals surface area contributed by atoms with E-state index in [2.05, 4.69) is 20.6 Å². The molecule has 0 bridgehead atoms. The van der Waals surface area contributed by atoms with Gasteiger partial charge in [0.2, 0.25) is 0 Å². The van der Waals surface area contributed by atoms with Crippen molar-refractivity contribution in [3.05, 3.63) is 192 Å². The van der Waals surface area contributed by atoms with Gasteiger partial charge in [0.1, 0.15) is 11.4 Å². The van der Waals surface area contributed by atoms with E-state index in [0.717, 1.165) is 55.6 Å². The maximum absolute atomic E-state index is 11.6. The van der Waals surface area contributed by atoms with Crippen LogP contribution in [0.4, 0.5) is 0 Å². The Morgan fingerprint density at radius 3 is 0.891 bits per heavy atom. The van der Waals surface area contributed by atoms with Gasteiger partial charge in [0.15, 0.2) is 0 Å². The van der Waals surface area contributed by atoms with Gasteiger partial charge in [-0.05, 0) is 94.0 Å². The number of aromatic nitrogens is 6. The van der Waals surface area contributed by atoms with Crippen molar-refractivity contribution < 1.29 is 39.6 Å². The Labute approximate surface area is 363 Å². The largest absolute Gasteiger partial charge is 0.478 e. The summed E-state index contributed by atoms with van der Waals surface area (Å²) in [6.07, 6.45) is 3.58. The van der Waals surface area contributed by atoms with E-state index in [1.54, 1.807) is 94.6 Å². The van der Waals surface area contributed by atoms with Crippen LogP contribution in [-0.2, 0) is 0 Å². The Hall–Kier alpha value is -9.30. The second kappa shape index (κ2) is 16.6. The summed E-state index contributed by atoms with van der Waals surface area (Å²) in [5.74, 6) is -4.11. The third-order valence-corrected chi connectivity index (χ3v) is 10.8. The molecule has 0 saturated carbocycles. The molecule has 9 rings (SSSR count). The van der Waals surface area contributed by atoms with Crippen LogP contribution in [0, 0.1) is 0 Å². The highest BCUT2D eigenvalue weighted by Crippen LogP contribution is 2.35. The number of hydrogen-bond acceptors (Lipinski definition) is 8. The molecule has 0 aliphatic carbocycles. The summed E-state index contributed by atoms with van der Waals surface area (Å²) in [5.41, 5.74) is 10.9. The highest BCUT2D eigenvalue weighted by Gasteiger charge is 2.17. The molecule has 0 aliphatic heterocycles. The van der Waals surface area contributed by atoms with Gasteiger partial charge in [-0.1, -0.05) is 107 Å². The predicted octanol–water partition coefficient (Wildman–Crippen LogP) is 9.64. The van der Waals surface area contributed by atoms with Gasteiger partial charge < -0.3 is 20.4 Å². The minimum absolute atomic E-state index is 0.153. The van der Waals surface area contributed by atoms with Gasteiger partial charge in [0.25, 0.3) is 0 Å². The lowest BCUT2D eigenvalue weighted by Crippen LogP contribution is -2.00. The summed E-state index contributed by atoms with van der Waals surface area (Å²) >= 11 is 0. The van der Waals surface area contributed by atoms with E-state index in [1.807, 2.05) is 60.7 Å². The highest BCUT2D eigenvalue weighted by atomic mass is 16.4. The number of nitrogens with zero attached hydrogens (tertiary/aromatic N) is 6. The monoisotopic (exact) mass is 844 g/mol. The Morgan fingerprint density at radius 1 is 0.328 bits per heavy atom. The predicted molar refractivity (Wildman–Crippen MR) is 237 cm³/mol. The van der Waals surface area contributed by atoms with E-state index in [1.165, 1.54) is 24.3 Å². The van der Waals surface area contributed by atoms with Gasteiger partial charge in [-0.25, -0.2) is 28.5 Å². The van der Waals surface area contributed by atoms with Gasteiger partial charge in [0, 0.05) is 22.3 Å². The smallest absolute Gasteiger partial charge is 0.335 e. The summed E-state index contributed by atoms with van der Waals surface area (Å²) in [6.45, 7) is 0. The topological polar surface area (TPSA) is 211 Å². The Kier molecular flexibility index (Phi) is 10.4. The van der Waals surface area contributed by atoms with Crippen LogP contribution in [-0.4, -0.2) is 74.3 Å². The second-order valence-corrected chi connectivity index (χ2v) is 14.7. The molecule has 0 radical (unpaired) electrons. The van der Waals surface area contributed by atoms with E-state index >= 15 is 0 Å². The maximum Gasteiger partial charge on any atom is 0.335 e. The maximum atomic E-state index is 11.6. The van der Waals surface area contributed by atoms with Gasteiger partial charge in [-0.3, -0.25) is 0 Å². The van der Waals surface area contributed by atoms with Crippen LogP contribution in [0.2, 0.25) is 0 Å². The van der Waals surface area contributed by atoms with Crippen molar-refractivity contribution in [2.45, 2.75) is 0 Å². The molecule has 2 heterocycles. The number of aromatic carboxylic acids is 4. The highest BCUT2D eigenvalue weighted by molar-refractivity contribution is 5.91. The molecule has 14 nitrogen and oxygen atoms in total. The fourth-order valence-corrected chi connectivity index (χ4v) is 7.32. The van der Waals surface area contributed by atoms with Crippen LogP contribution in [0.15, 0.2) is 170 Å². The molecule has 4 N–H and O–H groups in total. The summed E-state index contributed by atoms with van der Waals surface area (Å²) in [7, 11) is 0. The van der Waals surface area contributed by atoms with Crippen LogP contribution in [0.5, 0.6) is 0 Å². The minimum atomic E-state index is -1.03. The zero-order valence-corrected chi connectivity index (χ0v) is 33.3. The lowest BCUT2D eigenvalue weighted by molar-refractivity contribution is 0.0686. The molecule has 0 fully saturated rings. The number of rotatable bonds is 12. The first-order valence-corrected chi connectivity index (χ1v) is 19.6. The van der Waals surface area contributed by atoms with Crippen molar-refractivity contribution >= 4 is 23.9 Å². The normalized spacial score (nSPS) is 11.0. The summed E-state index contributed by atoms with van der Waals surface area (Å²) in [6, 6.07) is 45.2. The SMILES string of the molecule is O=C(O)c1ccc(-c2ccc(-c3ccc(C(=O)O)cc3)c(-n3cc(-c4ccc(-c5cn(-c6cc(-c7ccc(C(=O)O)cc7)ccc6-c6ccc(C(=O)O)cc6)nn5)cc4)nn3)c2)cc1. The molecule has 14 heteroatoms. The molecule has 0 saturated heterocycles. The van der Waals surface area contributed by atoms with E-state index < -0.39 is 23.9 Å².